The van der Waals surface area contributed by atoms with Gasteiger partial charge >= 0.3 is 0 Å². The van der Waals surface area contributed by atoms with Crippen LogP contribution >= 0.6 is 11.6 Å². The van der Waals surface area contributed by atoms with Crippen molar-refractivity contribution in [2.75, 3.05) is 31.7 Å². The van der Waals surface area contributed by atoms with Crippen molar-refractivity contribution in [1.29, 1.82) is 5.26 Å². The number of hydrogen-bond acceptors (Lipinski definition) is 12. The van der Waals surface area contributed by atoms with Crippen molar-refractivity contribution in [1.82, 2.24) is 44.9 Å². The molecule has 4 aromatic heterocycles. The molecule has 328 valence electrons. The van der Waals surface area contributed by atoms with Gasteiger partial charge in [-0.15, -0.1) is 0 Å². The number of nitrogens with one attached hydrogen (secondary N) is 1. The smallest absolute Gasteiger partial charge is 0.254 e. The molecule has 2 amide bonds. The van der Waals surface area contributed by atoms with Gasteiger partial charge < -0.3 is 24.6 Å². The monoisotopic (exact) mass is 879 g/mol. The van der Waals surface area contributed by atoms with Gasteiger partial charge in [0.15, 0.2) is 0 Å². The predicted molar refractivity (Wildman–Crippen MR) is 241 cm³/mol. The summed E-state index contributed by atoms with van der Waals surface area (Å²) in [5.74, 6) is 1.35. The van der Waals surface area contributed by atoms with Gasteiger partial charge in [-0.25, -0.2) is 19.9 Å². The van der Waals surface area contributed by atoms with E-state index in [2.05, 4.69) is 75.8 Å². The minimum absolute atomic E-state index is 0.0675. The van der Waals surface area contributed by atoms with Crippen molar-refractivity contribution in [2.24, 2.45) is 10.8 Å². The van der Waals surface area contributed by atoms with E-state index >= 15 is 0 Å². The van der Waals surface area contributed by atoms with Crippen LogP contribution in [0.3, 0.4) is 0 Å². The number of nitrogens with zero attached hydrogens (tertiary/aromatic N) is 10. The molecule has 2 aliphatic heterocycles. The quantitative estimate of drug-likeness (QED) is 0.145. The van der Waals surface area contributed by atoms with E-state index in [9.17, 15) is 14.9 Å². The third-order valence-electron chi connectivity index (χ3n) is 13.1. The molecule has 9 rings (SSSR count). The molecule has 6 heterocycles. The molecule has 1 N–H and O–H groups in total. The van der Waals surface area contributed by atoms with Gasteiger partial charge in [0.2, 0.25) is 11.9 Å². The zero-order valence-corrected chi connectivity index (χ0v) is 37.6. The summed E-state index contributed by atoms with van der Waals surface area (Å²) in [5.41, 5.74) is 5.63. The van der Waals surface area contributed by atoms with Crippen LogP contribution < -0.4 is 15.0 Å². The maximum atomic E-state index is 13.5. The molecular weight excluding hydrogens is 830 g/mol. The lowest BCUT2D eigenvalue weighted by molar-refractivity contribution is -0.164. The molecule has 16 heteroatoms. The van der Waals surface area contributed by atoms with Crippen LogP contribution in [0.2, 0.25) is 5.02 Å². The highest BCUT2D eigenvalue weighted by atomic mass is 35.5. The Hall–Kier alpha value is -6.50. The second-order valence-electron chi connectivity index (χ2n) is 18.2. The number of amides is 2. The van der Waals surface area contributed by atoms with E-state index in [1.807, 2.05) is 35.2 Å². The van der Waals surface area contributed by atoms with Crippen molar-refractivity contribution in [3.05, 3.63) is 107 Å². The molecule has 1 saturated carbocycles. The van der Waals surface area contributed by atoms with E-state index < -0.39 is 10.8 Å². The molecule has 0 spiro atoms. The molecular formula is C48H50ClN11O4. The minimum atomic E-state index is -0.415. The maximum Gasteiger partial charge on any atom is 0.254 e. The fourth-order valence-electron chi connectivity index (χ4n) is 10.00. The Morgan fingerprint density at radius 2 is 1.72 bits per heavy atom. The Balaban J connectivity index is 0.854. The molecule has 64 heavy (non-hydrogen) atoms. The van der Waals surface area contributed by atoms with E-state index in [4.69, 9.17) is 31.2 Å². The summed E-state index contributed by atoms with van der Waals surface area (Å²) in [6.07, 6.45) is 10.8. The van der Waals surface area contributed by atoms with Crippen LogP contribution in [0.15, 0.2) is 73.4 Å². The summed E-state index contributed by atoms with van der Waals surface area (Å²) in [6, 6.07) is 15.4. The minimum Gasteiger partial charge on any atom is -0.489 e. The summed E-state index contributed by atoms with van der Waals surface area (Å²) in [5, 5.41) is 20.0. The number of halogens is 1. The SMILES string of the molecule is CC(=O)N1CCc2c(c(-c3cccc4cc(-c5cnc(CN(C)c6ncc(C(=O)NC7C(C)(C)C(Oc8ccc(C#N)c(Cl)c8)C7(C)C)cn6)nc5)ncc34)nn2C2CCOCC2)C1. The predicted octanol–water partition coefficient (Wildman–Crippen LogP) is 7.37. The van der Waals surface area contributed by atoms with Crippen LogP contribution in [0.4, 0.5) is 5.95 Å². The molecule has 2 aromatic carbocycles. The van der Waals surface area contributed by atoms with Gasteiger partial charge in [-0.2, -0.15) is 10.4 Å². The molecule has 6 aromatic rings. The number of aromatic nitrogens is 7. The molecule has 3 aliphatic rings. The highest BCUT2D eigenvalue weighted by Crippen LogP contribution is 2.55. The van der Waals surface area contributed by atoms with Crippen LogP contribution in [-0.2, 0) is 29.0 Å². The second-order valence-corrected chi connectivity index (χ2v) is 18.6. The molecule has 0 radical (unpaired) electrons. The van der Waals surface area contributed by atoms with Crippen LogP contribution in [0.1, 0.15) is 86.5 Å². The van der Waals surface area contributed by atoms with E-state index in [0.29, 0.717) is 53.3 Å². The molecule has 1 saturated heterocycles. The number of carbonyl (C=O) groups excluding carboxylic acids is 2. The van der Waals surface area contributed by atoms with Gasteiger partial charge in [-0.1, -0.05) is 57.5 Å². The number of ether oxygens (including phenoxy) is 2. The van der Waals surface area contributed by atoms with E-state index in [1.54, 1.807) is 37.5 Å². The first-order valence-corrected chi connectivity index (χ1v) is 21.9. The Labute approximate surface area is 376 Å². The Bertz CT molecular complexity index is 2780. The highest BCUT2D eigenvalue weighted by molar-refractivity contribution is 6.31. The summed E-state index contributed by atoms with van der Waals surface area (Å²) >= 11 is 6.26. The average Bonchev–Trinajstić information content (AvgIpc) is 3.68. The summed E-state index contributed by atoms with van der Waals surface area (Å²) in [6.45, 7) is 12.9. The van der Waals surface area contributed by atoms with Crippen molar-refractivity contribution in [2.45, 2.75) is 85.2 Å². The Morgan fingerprint density at radius 3 is 2.41 bits per heavy atom. The van der Waals surface area contributed by atoms with Crippen molar-refractivity contribution >= 4 is 40.1 Å². The van der Waals surface area contributed by atoms with Gasteiger partial charge in [-0.05, 0) is 36.4 Å². The topological polar surface area (TPSA) is 177 Å². The fraction of sp³-hybridized carbons (Fsp3) is 0.396. The number of benzene rings is 2. The number of anilines is 1. The number of hydrogen-bond donors (Lipinski definition) is 1. The van der Waals surface area contributed by atoms with Gasteiger partial charge in [-0.3, -0.25) is 19.3 Å². The lowest BCUT2D eigenvalue weighted by Crippen LogP contribution is -2.74. The number of carbonyl (C=O) groups is 2. The van der Waals surface area contributed by atoms with Gasteiger partial charge in [0.05, 0.1) is 40.1 Å². The Morgan fingerprint density at radius 1 is 0.984 bits per heavy atom. The maximum absolute atomic E-state index is 13.5. The molecule has 1 aliphatic carbocycles. The number of rotatable bonds is 10. The summed E-state index contributed by atoms with van der Waals surface area (Å²) in [4.78, 5) is 52.8. The summed E-state index contributed by atoms with van der Waals surface area (Å²) < 4.78 is 14.2. The van der Waals surface area contributed by atoms with Crippen molar-refractivity contribution < 1.29 is 19.1 Å². The largest absolute Gasteiger partial charge is 0.489 e. The molecule has 0 bridgehead atoms. The first-order valence-electron chi connectivity index (χ1n) is 21.6. The van der Waals surface area contributed by atoms with Gasteiger partial charge in [0.1, 0.15) is 23.7 Å². The van der Waals surface area contributed by atoms with E-state index in [-0.39, 0.29) is 30.0 Å². The molecule has 0 atom stereocenters. The lowest BCUT2D eigenvalue weighted by Gasteiger charge is -2.63. The van der Waals surface area contributed by atoms with Gasteiger partial charge in [0, 0.05) is 128 Å². The Kier molecular flexibility index (Phi) is 11.3. The lowest BCUT2D eigenvalue weighted by atomic mass is 9.49. The van der Waals surface area contributed by atoms with Gasteiger partial charge in [0.25, 0.3) is 5.91 Å². The first kappa shape index (κ1) is 42.8. The fourth-order valence-corrected chi connectivity index (χ4v) is 10.2. The average molecular weight is 880 g/mol. The van der Waals surface area contributed by atoms with Crippen LogP contribution in [-0.4, -0.2) is 90.4 Å². The zero-order valence-electron chi connectivity index (χ0n) is 36.8. The standard InChI is InChI=1S/C48H50ClN11O4/c1-28(61)59-15-12-40-37(26-59)42(57-60(40)33-13-16-63-17-14-33)35-9-7-8-29-18-39(51-25-36(29)35)31-21-52-41(53-22-31)27-58(6)46-54-23-32(24-55-46)43(62)56-44-47(2,3)45(48(44,4)5)64-34-11-10-30(20-50)38(49)19-34/h7-11,18-19,21-25,33,44-45H,12-17,26-27H2,1-6H3,(H,56,62). The third kappa shape index (κ3) is 7.89. The second kappa shape index (κ2) is 16.9. The first-order chi connectivity index (χ1) is 30.7. The molecule has 15 nitrogen and oxygen atoms in total. The van der Waals surface area contributed by atoms with Crippen molar-refractivity contribution in [3.8, 4) is 34.3 Å². The van der Waals surface area contributed by atoms with Crippen molar-refractivity contribution in [3.63, 3.8) is 0 Å². The highest BCUT2D eigenvalue weighted by Gasteiger charge is 2.64. The number of fused-ring (bicyclic) bond motifs is 2. The van der Waals surface area contributed by atoms with Crippen LogP contribution in [0, 0.1) is 22.2 Å². The third-order valence-corrected chi connectivity index (χ3v) is 13.5. The summed E-state index contributed by atoms with van der Waals surface area (Å²) in [7, 11) is 1.84. The molecule has 2 fully saturated rings. The van der Waals surface area contributed by atoms with E-state index in [1.165, 1.54) is 18.1 Å². The van der Waals surface area contributed by atoms with Crippen LogP contribution in [0.25, 0.3) is 33.3 Å². The van der Waals surface area contributed by atoms with Crippen LogP contribution in [0.5, 0.6) is 5.75 Å². The number of nitriles is 1. The number of pyridine rings is 1. The molecule has 0 unspecified atom stereocenters. The zero-order chi connectivity index (χ0) is 44.9. The normalized spacial score (nSPS) is 19.0. The van der Waals surface area contributed by atoms with E-state index in [0.717, 1.165) is 71.3 Å².